The number of benzene rings is 1. The summed E-state index contributed by atoms with van der Waals surface area (Å²) in [5, 5.41) is 21.9. The number of carboxylic acid groups (broad SMARTS) is 1. The summed E-state index contributed by atoms with van der Waals surface area (Å²) in [6.45, 7) is 6.72. The molecule has 1 aromatic carbocycles. The quantitative estimate of drug-likeness (QED) is 0.142. The number of imide groups is 1. The summed E-state index contributed by atoms with van der Waals surface area (Å²) >= 11 is 0. The van der Waals surface area contributed by atoms with Gasteiger partial charge < -0.3 is 29.7 Å². The summed E-state index contributed by atoms with van der Waals surface area (Å²) in [6.07, 6.45) is 0.899. The fourth-order valence-corrected chi connectivity index (χ4v) is 3.54. The van der Waals surface area contributed by atoms with E-state index in [1.165, 1.54) is 19.1 Å². The minimum atomic E-state index is -1.21. The van der Waals surface area contributed by atoms with Gasteiger partial charge in [-0.05, 0) is 37.5 Å². The van der Waals surface area contributed by atoms with Gasteiger partial charge in [-0.15, -0.1) is 0 Å². The lowest BCUT2D eigenvalue weighted by atomic mass is 10.0. The Labute approximate surface area is 227 Å². The van der Waals surface area contributed by atoms with Crippen LogP contribution >= 0.6 is 0 Å². The van der Waals surface area contributed by atoms with Crippen molar-refractivity contribution in [3.05, 3.63) is 41.5 Å². The fraction of sp³-hybridized carbons (Fsp3) is 0.519. The molecule has 1 aliphatic rings. The summed E-state index contributed by atoms with van der Waals surface area (Å²) in [6, 6.07) is 5.20. The molecule has 0 radical (unpaired) electrons. The second-order valence-corrected chi connectivity index (χ2v) is 8.38. The number of hydrogen-bond donors (Lipinski definition) is 3. The highest BCUT2D eigenvalue weighted by Gasteiger charge is 2.34. The SMILES string of the molecule is C/C=C\C(=O)N(C=O)CC(=O)NCCCc1ccc(COC(C)=O)c(OC2CC(O)CC(C(=O)O)O2)c1.CC. The number of nitrogens with one attached hydrogen (secondary N) is 1. The van der Waals surface area contributed by atoms with Gasteiger partial charge >= 0.3 is 11.9 Å². The number of aliphatic carboxylic acids is 1. The van der Waals surface area contributed by atoms with Gasteiger partial charge in [0.05, 0.1) is 6.10 Å². The first kappa shape index (κ1) is 33.3. The van der Waals surface area contributed by atoms with E-state index in [1.54, 1.807) is 25.1 Å². The molecule has 3 amide bonds. The molecule has 1 aliphatic heterocycles. The van der Waals surface area contributed by atoms with Gasteiger partial charge in [-0.2, -0.15) is 0 Å². The lowest BCUT2D eigenvalue weighted by Gasteiger charge is -2.31. The average Bonchev–Trinajstić information content (AvgIpc) is 2.90. The van der Waals surface area contributed by atoms with Crippen LogP contribution in [0.5, 0.6) is 5.75 Å². The zero-order valence-corrected chi connectivity index (χ0v) is 22.8. The number of carbonyl (C=O) groups is 5. The van der Waals surface area contributed by atoms with E-state index in [-0.39, 0.29) is 32.5 Å². The summed E-state index contributed by atoms with van der Waals surface area (Å²) < 4.78 is 16.4. The predicted molar refractivity (Wildman–Crippen MR) is 139 cm³/mol. The van der Waals surface area contributed by atoms with Gasteiger partial charge in [0.25, 0.3) is 5.91 Å². The van der Waals surface area contributed by atoms with Gasteiger partial charge in [-0.3, -0.25) is 24.1 Å². The summed E-state index contributed by atoms with van der Waals surface area (Å²) in [7, 11) is 0. The third-order valence-corrected chi connectivity index (χ3v) is 5.36. The second-order valence-electron chi connectivity index (χ2n) is 8.38. The van der Waals surface area contributed by atoms with Crippen LogP contribution in [0.15, 0.2) is 30.4 Å². The highest BCUT2D eigenvalue weighted by atomic mass is 16.7. The molecular formula is C27H38N2O10. The molecule has 216 valence electrons. The van der Waals surface area contributed by atoms with Crippen molar-refractivity contribution in [2.75, 3.05) is 13.1 Å². The van der Waals surface area contributed by atoms with Gasteiger partial charge in [-0.25, -0.2) is 4.79 Å². The molecule has 39 heavy (non-hydrogen) atoms. The molecule has 0 aromatic heterocycles. The Kier molecular flexibility index (Phi) is 15.1. The minimum absolute atomic E-state index is 0.0463. The first-order valence-electron chi connectivity index (χ1n) is 12.8. The van der Waals surface area contributed by atoms with Gasteiger partial charge in [0, 0.05) is 31.9 Å². The molecule has 1 aromatic rings. The van der Waals surface area contributed by atoms with E-state index in [0.717, 1.165) is 10.5 Å². The molecule has 0 aliphatic carbocycles. The van der Waals surface area contributed by atoms with Crippen molar-refractivity contribution in [3.8, 4) is 5.75 Å². The number of aryl methyl sites for hydroxylation is 1. The lowest BCUT2D eigenvalue weighted by molar-refractivity contribution is -0.195. The number of amides is 3. The van der Waals surface area contributed by atoms with Gasteiger partial charge in [0.15, 0.2) is 6.10 Å². The zero-order chi connectivity index (χ0) is 29.4. The van der Waals surface area contributed by atoms with E-state index in [4.69, 9.17) is 14.2 Å². The predicted octanol–water partition coefficient (Wildman–Crippen LogP) is 1.72. The van der Waals surface area contributed by atoms with E-state index in [9.17, 15) is 34.2 Å². The molecule has 3 N–H and O–H groups in total. The van der Waals surface area contributed by atoms with E-state index in [2.05, 4.69) is 5.32 Å². The smallest absolute Gasteiger partial charge is 0.333 e. The standard InChI is InChI=1S/C25H32N2O10.C2H6/c1-3-5-23(32)27(15-28)13-22(31)26-9-4-6-17-7-8-18(14-35-16(2)29)20(10-17)36-24-12-19(30)11-21(37-24)25(33)34;1-2/h3,5,7-8,10,15,19,21,24,30H,4,6,9,11-14H2,1-2H3,(H,26,31)(H,33,34);1-2H3/b5-3-;. The molecule has 1 saturated heterocycles. The van der Waals surface area contributed by atoms with Crippen LogP contribution in [0.3, 0.4) is 0 Å². The Morgan fingerprint density at radius 2 is 1.92 bits per heavy atom. The van der Waals surface area contributed by atoms with E-state index >= 15 is 0 Å². The van der Waals surface area contributed by atoms with Crippen molar-refractivity contribution in [3.63, 3.8) is 0 Å². The Hall–Kier alpha value is -3.77. The number of ether oxygens (including phenoxy) is 3. The molecule has 12 heteroatoms. The number of esters is 1. The topological polar surface area (TPSA) is 169 Å². The molecular weight excluding hydrogens is 512 g/mol. The first-order valence-corrected chi connectivity index (χ1v) is 12.8. The molecule has 3 unspecified atom stereocenters. The first-order chi connectivity index (χ1) is 18.6. The summed E-state index contributed by atoms with van der Waals surface area (Å²) in [4.78, 5) is 58.1. The van der Waals surface area contributed by atoms with Crippen LogP contribution in [0.2, 0.25) is 0 Å². The maximum atomic E-state index is 12.1. The molecule has 12 nitrogen and oxygen atoms in total. The number of carboxylic acids is 1. The second kappa shape index (κ2) is 17.7. The van der Waals surface area contributed by atoms with Crippen LogP contribution in [-0.2, 0) is 46.5 Å². The third kappa shape index (κ3) is 12.1. The molecule has 0 bridgehead atoms. The van der Waals surface area contributed by atoms with Crippen LogP contribution in [0.25, 0.3) is 0 Å². The van der Waals surface area contributed by atoms with Crippen molar-refractivity contribution in [2.24, 2.45) is 0 Å². The van der Waals surface area contributed by atoms with Gasteiger partial charge in [0.1, 0.15) is 18.9 Å². The van der Waals surface area contributed by atoms with Crippen LogP contribution in [0.4, 0.5) is 0 Å². The molecule has 1 fully saturated rings. The Bertz CT molecular complexity index is 1010. The largest absolute Gasteiger partial charge is 0.479 e. The fourth-order valence-electron chi connectivity index (χ4n) is 3.54. The number of aliphatic hydroxyl groups excluding tert-OH is 1. The monoisotopic (exact) mass is 550 g/mol. The van der Waals surface area contributed by atoms with Crippen molar-refractivity contribution >= 4 is 30.2 Å². The maximum absolute atomic E-state index is 12.1. The van der Waals surface area contributed by atoms with E-state index in [0.29, 0.717) is 30.6 Å². The highest BCUT2D eigenvalue weighted by molar-refractivity contribution is 5.97. The van der Waals surface area contributed by atoms with Gasteiger partial charge in [0.2, 0.25) is 18.6 Å². The van der Waals surface area contributed by atoms with Crippen LogP contribution in [0.1, 0.15) is 58.1 Å². The van der Waals surface area contributed by atoms with Crippen molar-refractivity contribution < 1.29 is 48.4 Å². The normalized spacial score (nSPS) is 18.3. The molecule has 2 rings (SSSR count). The van der Waals surface area contributed by atoms with Crippen LogP contribution < -0.4 is 10.1 Å². The molecule has 0 saturated carbocycles. The van der Waals surface area contributed by atoms with Crippen molar-refractivity contribution in [1.29, 1.82) is 0 Å². The molecule has 1 heterocycles. The number of hydrogen-bond acceptors (Lipinski definition) is 9. The maximum Gasteiger partial charge on any atom is 0.333 e. The highest BCUT2D eigenvalue weighted by Crippen LogP contribution is 2.28. The number of rotatable bonds is 13. The van der Waals surface area contributed by atoms with Gasteiger partial charge in [-0.1, -0.05) is 32.1 Å². The summed E-state index contributed by atoms with van der Waals surface area (Å²) in [5.74, 6) is -2.44. The molecule has 3 atom stereocenters. The zero-order valence-electron chi connectivity index (χ0n) is 22.8. The van der Waals surface area contributed by atoms with Crippen LogP contribution in [-0.4, -0.2) is 76.9 Å². The number of aliphatic hydroxyl groups is 1. The Balaban J connectivity index is 0.00000371. The minimum Gasteiger partial charge on any atom is -0.479 e. The Morgan fingerprint density at radius 1 is 1.21 bits per heavy atom. The van der Waals surface area contributed by atoms with E-state index in [1.807, 2.05) is 13.8 Å². The lowest BCUT2D eigenvalue weighted by Crippen LogP contribution is -2.42. The van der Waals surface area contributed by atoms with Crippen molar-refractivity contribution in [1.82, 2.24) is 10.2 Å². The number of carbonyl (C=O) groups excluding carboxylic acids is 4. The number of allylic oxidation sites excluding steroid dienone is 1. The van der Waals surface area contributed by atoms with E-state index < -0.39 is 42.3 Å². The number of nitrogens with zero attached hydrogens (tertiary/aromatic N) is 1. The molecule has 0 spiro atoms. The third-order valence-electron chi connectivity index (χ3n) is 5.36. The van der Waals surface area contributed by atoms with Crippen molar-refractivity contribution in [2.45, 2.75) is 78.5 Å². The Morgan fingerprint density at radius 3 is 2.54 bits per heavy atom. The summed E-state index contributed by atoms with van der Waals surface area (Å²) in [5.41, 5.74) is 1.35. The van der Waals surface area contributed by atoms with Crippen LogP contribution in [0, 0.1) is 0 Å². The average molecular weight is 551 g/mol.